The number of hydrogen-bond donors (Lipinski definition) is 1. The summed E-state index contributed by atoms with van der Waals surface area (Å²) in [5.41, 5.74) is 4.38. The van der Waals surface area contributed by atoms with Crippen molar-refractivity contribution in [3.63, 3.8) is 0 Å². The van der Waals surface area contributed by atoms with Gasteiger partial charge >= 0.3 is 0 Å². The third kappa shape index (κ3) is 4.66. The van der Waals surface area contributed by atoms with E-state index in [0.717, 1.165) is 10.0 Å². The molecule has 1 amide bonds. The van der Waals surface area contributed by atoms with Gasteiger partial charge in [-0.05, 0) is 25.1 Å². The zero-order valence-corrected chi connectivity index (χ0v) is 14.0. The number of carbonyl (C=O) groups excluding carboxylic acids is 1. The van der Waals surface area contributed by atoms with Crippen LogP contribution in [0.2, 0.25) is 0 Å². The van der Waals surface area contributed by atoms with Gasteiger partial charge in [0.1, 0.15) is 11.8 Å². The lowest BCUT2D eigenvalue weighted by atomic mass is 10.1. The number of rotatable bonds is 5. The normalized spacial score (nSPS) is 10.7. The number of nitriles is 1. The standard InChI is InChI=1S/C17H14BrN3O2/c1-12(14-7-3-4-8-15(14)18)20-21-17(22)11-23-16-9-5-2-6-13(16)10-19/h2-9H,11H2,1H3,(H,21,22)/b20-12+. The third-order valence-electron chi connectivity index (χ3n) is 2.98. The fourth-order valence-electron chi connectivity index (χ4n) is 1.82. The highest BCUT2D eigenvalue weighted by Crippen LogP contribution is 2.17. The zero-order valence-electron chi connectivity index (χ0n) is 12.4. The molecule has 2 aromatic carbocycles. The van der Waals surface area contributed by atoms with E-state index in [1.807, 2.05) is 30.3 Å². The molecule has 0 aliphatic rings. The summed E-state index contributed by atoms with van der Waals surface area (Å²) in [7, 11) is 0. The summed E-state index contributed by atoms with van der Waals surface area (Å²) in [5, 5.41) is 13.0. The van der Waals surface area contributed by atoms with E-state index >= 15 is 0 Å². The van der Waals surface area contributed by atoms with Crippen LogP contribution in [0, 0.1) is 11.3 Å². The van der Waals surface area contributed by atoms with E-state index in [2.05, 4.69) is 26.5 Å². The number of para-hydroxylation sites is 1. The zero-order chi connectivity index (χ0) is 16.7. The van der Waals surface area contributed by atoms with Crippen molar-refractivity contribution in [2.24, 2.45) is 5.10 Å². The second-order valence-electron chi connectivity index (χ2n) is 4.61. The molecule has 0 saturated carbocycles. The Morgan fingerprint density at radius 1 is 1.26 bits per heavy atom. The number of halogens is 1. The molecule has 6 heteroatoms. The lowest BCUT2D eigenvalue weighted by molar-refractivity contribution is -0.123. The van der Waals surface area contributed by atoms with Crippen molar-refractivity contribution in [2.75, 3.05) is 6.61 Å². The Kier molecular flexibility index (Phi) is 5.89. The Morgan fingerprint density at radius 3 is 2.70 bits per heavy atom. The van der Waals surface area contributed by atoms with Crippen molar-refractivity contribution < 1.29 is 9.53 Å². The summed E-state index contributed by atoms with van der Waals surface area (Å²) in [4.78, 5) is 11.8. The maximum atomic E-state index is 11.8. The molecule has 1 N–H and O–H groups in total. The van der Waals surface area contributed by atoms with Gasteiger partial charge in [0.05, 0.1) is 11.3 Å². The fourth-order valence-corrected chi connectivity index (χ4v) is 2.39. The second kappa shape index (κ2) is 8.11. The first-order valence-corrected chi connectivity index (χ1v) is 7.61. The maximum absolute atomic E-state index is 11.8. The molecule has 23 heavy (non-hydrogen) atoms. The first kappa shape index (κ1) is 16.7. The molecular weight excluding hydrogens is 358 g/mol. The van der Waals surface area contributed by atoms with Gasteiger partial charge in [0.2, 0.25) is 0 Å². The van der Waals surface area contributed by atoms with Gasteiger partial charge in [-0.25, -0.2) is 5.43 Å². The van der Waals surface area contributed by atoms with Crippen LogP contribution < -0.4 is 10.2 Å². The lowest BCUT2D eigenvalue weighted by Crippen LogP contribution is -2.25. The van der Waals surface area contributed by atoms with Gasteiger partial charge in [0.15, 0.2) is 6.61 Å². The molecule has 0 bridgehead atoms. The molecule has 0 spiro atoms. The predicted molar refractivity (Wildman–Crippen MR) is 91.1 cm³/mol. The van der Waals surface area contributed by atoms with E-state index in [1.54, 1.807) is 31.2 Å². The first-order valence-electron chi connectivity index (χ1n) is 6.81. The van der Waals surface area contributed by atoms with E-state index < -0.39 is 5.91 Å². The smallest absolute Gasteiger partial charge is 0.277 e. The Labute approximate surface area is 142 Å². The molecule has 0 atom stereocenters. The van der Waals surface area contributed by atoms with Crippen LogP contribution >= 0.6 is 15.9 Å². The van der Waals surface area contributed by atoms with Crippen molar-refractivity contribution in [2.45, 2.75) is 6.92 Å². The van der Waals surface area contributed by atoms with E-state index in [4.69, 9.17) is 10.00 Å². The number of hydrazone groups is 1. The molecule has 0 unspecified atom stereocenters. The number of ether oxygens (including phenoxy) is 1. The molecule has 5 nitrogen and oxygen atoms in total. The van der Waals surface area contributed by atoms with Crippen molar-refractivity contribution >= 4 is 27.5 Å². The highest BCUT2D eigenvalue weighted by atomic mass is 79.9. The summed E-state index contributed by atoms with van der Waals surface area (Å²) in [6.45, 7) is 1.58. The average Bonchev–Trinajstić information content (AvgIpc) is 2.58. The number of hydrogen-bond acceptors (Lipinski definition) is 4. The highest BCUT2D eigenvalue weighted by Gasteiger charge is 2.07. The van der Waals surface area contributed by atoms with E-state index in [1.165, 1.54) is 0 Å². The average molecular weight is 372 g/mol. The molecule has 0 heterocycles. The van der Waals surface area contributed by atoms with Gasteiger partial charge in [-0.3, -0.25) is 4.79 Å². The maximum Gasteiger partial charge on any atom is 0.277 e. The van der Waals surface area contributed by atoms with Crippen LogP contribution in [0.4, 0.5) is 0 Å². The molecule has 0 aromatic heterocycles. The van der Waals surface area contributed by atoms with Crippen molar-refractivity contribution in [1.29, 1.82) is 5.26 Å². The molecule has 116 valence electrons. The van der Waals surface area contributed by atoms with Crippen LogP contribution in [0.25, 0.3) is 0 Å². The van der Waals surface area contributed by atoms with Gasteiger partial charge in [0.25, 0.3) is 5.91 Å². The molecule has 0 aliphatic heterocycles. The summed E-state index contributed by atoms with van der Waals surface area (Å²) in [6.07, 6.45) is 0. The number of carbonyl (C=O) groups is 1. The number of benzene rings is 2. The van der Waals surface area contributed by atoms with Crippen LogP contribution in [0.1, 0.15) is 18.1 Å². The monoisotopic (exact) mass is 371 g/mol. The van der Waals surface area contributed by atoms with E-state index in [0.29, 0.717) is 17.0 Å². The molecular formula is C17H14BrN3O2. The summed E-state index contributed by atoms with van der Waals surface area (Å²) < 4.78 is 6.24. The molecule has 0 aliphatic carbocycles. The Balaban J connectivity index is 1.94. The van der Waals surface area contributed by atoms with Crippen LogP contribution in [-0.2, 0) is 4.79 Å². The Bertz CT molecular complexity index is 781. The molecule has 0 saturated heterocycles. The van der Waals surface area contributed by atoms with Gasteiger partial charge in [-0.15, -0.1) is 0 Å². The van der Waals surface area contributed by atoms with Crippen molar-refractivity contribution in [3.05, 3.63) is 64.1 Å². The topological polar surface area (TPSA) is 74.5 Å². The number of nitrogens with zero attached hydrogens (tertiary/aromatic N) is 2. The molecule has 0 radical (unpaired) electrons. The molecule has 0 fully saturated rings. The molecule has 2 rings (SSSR count). The summed E-state index contributed by atoms with van der Waals surface area (Å²) in [5.74, 6) is -0.0270. The Morgan fingerprint density at radius 2 is 1.96 bits per heavy atom. The number of nitrogens with one attached hydrogen (secondary N) is 1. The third-order valence-corrected chi connectivity index (χ3v) is 3.67. The minimum atomic E-state index is -0.399. The minimum absolute atomic E-state index is 0.217. The SMILES string of the molecule is C/C(=N\NC(=O)COc1ccccc1C#N)c1ccccc1Br. The van der Waals surface area contributed by atoms with Gasteiger partial charge in [-0.2, -0.15) is 10.4 Å². The lowest BCUT2D eigenvalue weighted by Gasteiger charge is -2.07. The largest absolute Gasteiger partial charge is 0.482 e. The molecule has 2 aromatic rings. The highest BCUT2D eigenvalue weighted by molar-refractivity contribution is 9.10. The first-order chi connectivity index (χ1) is 11.1. The van der Waals surface area contributed by atoms with Crippen LogP contribution in [-0.4, -0.2) is 18.2 Å². The van der Waals surface area contributed by atoms with E-state index in [9.17, 15) is 4.79 Å². The summed E-state index contributed by atoms with van der Waals surface area (Å²) >= 11 is 3.43. The predicted octanol–water partition coefficient (Wildman–Crippen LogP) is 3.24. The van der Waals surface area contributed by atoms with Crippen LogP contribution in [0.3, 0.4) is 0 Å². The van der Waals surface area contributed by atoms with Crippen LogP contribution in [0.5, 0.6) is 5.75 Å². The van der Waals surface area contributed by atoms with Crippen molar-refractivity contribution in [3.8, 4) is 11.8 Å². The quantitative estimate of drug-likeness (QED) is 0.647. The number of amides is 1. The minimum Gasteiger partial charge on any atom is -0.482 e. The van der Waals surface area contributed by atoms with Gasteiger partial charge < -0.3 is 4.74 Å². The van der Waals surface area contributed by atoms with Gasteiger partial charge in [0, 0.05) is 10.0 Å². The van der Waals surface area contributed by atoms with Crippen molar-refractivity contribution in [1.82, 2.24) is 5.43 Å². The Hall–Kier alpha value is -2.65. The van der Waals surface area contributed by atoms with Gasteiger partial charge in [-0.1, -0.05) is 46.3 Å². The van der Waals surface area contributed by atoms with E-state index in [-0.39, 0.29) is 6.61 Å². The van der Waals surface area contributed by atoms with Crippen LogP contribution in [0.15, 0.2) is 58.1 Å². The fraction of sp³-hybridized carbons (Fsp3) is 0.118. The summed E-state index contributed by atoms with van der Waals surface area (Å²) in [6, 6.07) is 16.3. The second-order valence-corrected chi connectivity index (χ2v) is 5.46.